The highest BCUT2D eigenvalue weighted by atomic mass is 79.9. The van der Waals surface area contributed by atoms with E-state index < -0.39 is 0 Å². The number of esters is 1. The average molecular weight is 297 g/mol. The van der Waals surface area contributed by atoms with Gasteiger partial charge in [0.15, 0.2) is 5.69 Å². The van der Waals surface area contributed by atoms with Crippen molar-refractivity contribution in [1.82, 2.24) is 4.57 Å². The molecule has 0 bridgehead atoms. The summed E-state index contributed by atoms with van der Waals surface area (Å²) in [6.45, 7) is 2.11. The van der Waals surface area contributed by atoms with Gasteiger partial charge in [-0.05, 0) is 25.1 Å². The summed E-state index contributed by atoms with van der Waals surface area (Å²) in [5, 5.41) is 0.852. The molecule has 17 heavy (non-hydrogen) atoms. The lowest BCUT2D eigenvalue weighted by Crippen LogP contribution is -2.11. The summed E-state index contributed by atoms with van der Waals surface area (Å²) in [6, 6.07) is 5.72. The molecule has 0 aliphatic heterocycles. The molecule has 2 aromatic rings. The Balaban J connectivity index is 2.68. The van der Waals surface area contributed by atoms with Crippen LogP contribution >= 0.6 is 15.9 Å². The van der Waals surface area contributed by atoms with Gasteiger partial charge in [-0.15, -0.1) is 0 Å². The van der Waals surface area contributed by atoms with E-state index in [0.717, 1.165) is 15.4 Å². The van der Waals surface area contributed by atoms with Crippen molar-refractivity contribution in [2.45, 2.75) is 6.92 Å². The van der Waals surface area contributed by atoms with Crippen LogP contribution in [-0.2, 0) is 11.8 Å². The minimum absolute atomic E-state index is 0.337. The molecule has 0 atom stereocenters. The third kappa shape index (κ3) is 1.91. The molecule has 0 unspecified atom stereocenters. The Morgan fingerprint density at radius 2 is 2.24 bits per heavy atom. The number of hydrogen-bond donors (Lipinski definition) is 1. The molecule has 2 rings (SSSR count). The molecule has 5 heteroatoms. The molecular formula is C12H13BrN2O2. The van der Waals surface area contributed by atoms with Crippen LogP contribution in [0.3, 0.4) is 0 Å². The highest BCUT2D eigenvalue weighted by Gasteiger charge is 2.20. The number of nitrogens with zero attached hydrogens (tertiary/aromatic N) is 1. The standard InChI is InChI=1S/C12H13BrN2O2/c1-3-17-12(16)11-10(14)8-6-7(13)4-5-9(8)15(11)2/h4-6H,3,14H2,1-2H3. The predicted molar refractivity (Wildman–Crippen MR) is 71.0 cm³/mol. The number of halogens is 1. The van der Waals surface area contributed by atoms with Crippen molar-refractivity contribution in [3.63, 3.8) is 0 Å². The Hall–Kier alpha value is -1.49. The van der Waals surface area contributed by atoms with E-state index in [2.05, 4.69) is 15.9 Å². The van der Waals surface area contributed by atoms with Gasteiger partial charge in [0.25, 0.3) is 0 Å². The predicted octanol–water partition coefficient (Wildman–Crippen LogP) is 2.70. The third-order valence-electron chi connectivity index (χ3n) is 2.67. The minimum atomic E-state index is -0.389. The van der Waals surface area contributed by atoms with Gasteiger partial charge < -0.3 is 15.0 Å². The normalized spacial score (nSPS) is 10.8. The first kappa shape index (κ1) is 12.0. The number of ether oxygens (including phenoxy) is 1. The molecular weight excluding hydrogens is 284 g/mol. The van der Waals surface area contributed by atoms with E-state index in [1.165, 1.54) is 0 Å². The maximum Gasteiger partial charge on any atom is 0.357 e. The van der Waals surface area contributed by atoms with Crippen molar-refractivity contribution < 1.29 is 9.53 Å². The van der Waals surface area contributed by atoms with Gasteiger partial charge in [0.1, 0.15) is 0 Å². The van der Waals surface area contributed by atoms with E-state index in [9.17, 15) is 4.79 Å². The second kappa shape index (κ2) is 4.41. The molecule has 1 heterocycles. The van der Waals surface area contributed by atoms with Crippen LogP contribution in [-0.4, -0.2) is 17.1 Å². The van der Waals surface area contributed by atoms with Crippen molar-refractivity contribution in [1.29, 1.82) is 0 Å². The van der Waals surface area contributed by atoms with Crippen molar-refractivity contribution in [2.24, 2.45) is 7.05 Å². The van der Waals surface area contributed by atoms with Crippen LogP contribution in [0.25, 0.3) is 10.9 Å². The Morgan fingerprint density at radius 1 is 1.53 bits per heavy atom. The number of aryl methyl sites for hydroxylation is 1. The van der Waals surface area contributed by atoms with Gasteiger partial charge in [0, 0.05) is 16.9 Å². The lowest BCUT2D eigenvalue weighted by atomic mass is 10.2. The van der Waals surface area contributed by atoms with Gasteiger partial charge in [-0.25, -0.2) is 4.79 Å². The summed E-state index contributed by atoms with van der Waals surface area (Å²) in [4.78, 5) is 11.8. The molecule has 0 saturated carbocycles. The summed E-state index contributed by atoms with van der Waals surface area (Å²) in [7, 11) is 1.80. The first-order valence-corrected chi connectivity index (χ1v) is 6.06. The highest BCUT2D eigenvalue weighted by molar-refractivity contribution is 9.10. The zero-order chi connectivity index (χ0) is 12.6. The van der Waals surface area contributed by atoms with Gasteiger partial charge in [0.05, 0.1) is 17.8 Å². The van der Waals surface area contributed by atoms with Crippen molar-refractivity contribution in [3.05, 3.63) is 28.4 Å². The van der Waals surface area contributed by atoms with E-state index >= 15 is 0 Å². The molecule has 2 N–H and O–H groups in total. The van der Waals surface area contributed by atoms with Crippen LogP contribution in [0.1, 0.15) is 17.4 Å². The van der Waals surface area contributed by atoms with Gasteiger partial charge >= 0.3 is 5.97 Å². The number of hydrogen-bond acceptors (Lipinski definition) is 3. The smallest absolute Gasteiger partial charge is 0.357 e. The molecule has 0 radical (unpaired) electrons. The van der Waals surface area contributed by atoms with Crippen LogP contribution in [0.15, 0.2) is 22.7 Å². The molecule has 0 spiro atoms. The number of fused-ring (bicyclic) bond motifs is 1. The van der Waals surface area contributed by atoms with Crippen LogP contribution in [0.2, 0.25) is 0 Å². The van der Waals surface area contributed by atoms with Crippen LogP contribution < -0.4 is 5.73 Å². The Bertz CT molecular complexity index is 590. The number of rotatable bonds is 2. The molecule has 90 valence electrons. The lowest BCUT2D eigenvalue weighted by molar-refractivity contribution is 0.0517. The molecule has 0 amide bonds. The number of carbonyl (C=O) groups excluding carboxylic acids is 1. The summed E-state index contributed by atoms with van der Waals surface area (Å²) in [6.07, 6.45) is 0. The van der Waals surface area contributed by atoms with Crippen molar-refractivity contribution in [3.8, 4) is 0 Å². The highest BCUT2D eigenvalue weighted by Crippen LogP contribution is 2.30. The van der Waals surface area contributed by atoms with Gasteiger partial charge in [-0.1, -0.05) is 15.9 Å². The monoisotopic (exact) mass is 296 g/mol. The number of nitrogens with two attached hydrogens (primary N) is 1. The number of aromatic nitrogens is 1. The zero-order valence-corrected chi connectivity index (χ0v) is 11.2. The summed E-state index contributed by atoms with van der Waals surface area (Å²) < 4.78 is 7.69. The number of benzene rings is 1. The maximum atomic E-state index is 11.8. The van der Waals surface area contributed by atoms with E-state index in [-0.39, 0.29) is 5.97 Å². The van der Waals surface area contributed by atoms with Gasteiger partial charge in [0.2, 0.25) is 0 Å². The van der Waals surface area contributed by atoms with Crippen LogP contribution in [0.4, 0.5) is 5.69 Å². The van der Waals surface area contributed by atoms with Crippen molar-refractivity contribution >= 4 is 38.5 Å². The van der Waals surface area contributed by atoms with E-state index in [4.69, 9.17) is 10.5 Å². The maximum absolute atomic E-state index is 11.8. The minimum Gasteiger partial charge on any atom is -0.461 e. The Labute approximate surface area is 107 Å². The Morgan fingerprint density at radius 3 is 2.88 bits per heavy atom. The van der Waals surface area contributed by atoms with E-state index in [0.29, 0.717) is 18.0 Å². The fourth-order valence-corrected chi connectivity index (χ4v) is 2.25. The summed E-state index contributed by atoms with van der Waals surface area (Å²) in [5.74, 6) is -0.389. The molecule has 0 aliphatic rings. The molecule has 1 aromatic heterocycles. The number of nitrogen functional groups attached to an aromatic ring is 1. The fourth-order valence-electron chi connectivity index (χ4n) is 1.89. The second-order valence-corrected chi connectivity index (χ2v) is 4.62. The topological polar surface area (TPSA) is 57.2 Å². The molecule has 1 aromatic carbocycles. The first-order chi connectivity index (χ1) is 8.06. The summed E-state index contributed by atoms with van der Waals surface area (Å²) >= 11 is 3.39. The molecule has 4 nitrogen and oxygen atoms in total. The lowest BCUT2D eigenvalue weighted by Gasteiger charge is -2.04. The largest absolute Gasteiger partial charge is 0.461 e. The van der Waals surface area contributed by atoms with Crippen LogP contribution in [0.5, 0.6) is 0 Å². The zero-order valence-electron chi connectivity index (χ0n) is 9.66. The molecule has 0 fully saturated rings. The second-order valence-electron chi connectivity index (χ2n) is 3.70. The Kier molecular flexibility index (Phi) is 3.11. The average Bonchev–Trinajstić information content (AvgIpc) is 2.52. The fraction of sp³-hybridized carbons (Fsp3) is 0.250. The van der Waals surface area contributed by atoms with E-state index in [1.807, 2.05) is 18.2 Å². The first-order valence-electron chi connectivity index (χ1n) is 5.26. The molecule has 0 saturated heterocycles. The van der Waals surface area contributed by atoms with Gasteiger partial charge in [-0.3, -0.25) is 0 Å². The summed E-state index contributed by atoms with van der Waals surface area (Å²) in [5.41, 5.74) is 7.77. The van der Waals surface area contributed by atoms with Crippen molar-refractivity contribution in [2.75, 3.05) is 12.3 Å². The number of carbonyl (C=O) groups is 1. The SMILES string of the molecule is CCOC(=O)c1c(N)c2cc(Br)ccc2n1C. The quantitative estimate of drug-likeness (QED) is 0.867. The third-order valence-corrected chi connectivity index (χ3v) is 3.16. The molecule has 0 aliphatic carbocycles. The number of anilines is 1. The van der Waals surface area contributed by atoms with E-state index in [1.54, 1.807) is 18.5 Å². The van der Waals surface area contributed by atoms with Gasteiger partial charge in [-0.2, -0.15) is 0 Å². The van der Waals surface area contributed by atoms with Crippen LogP contribution in [0, 0.1) is 0 Å².